The summed E-state index contributed by atoms with van der Waals surface area (Å²) in [5, 5.41) is 0. The highest BCUT2D eigenvalue weighted by atomic mass is 32.2. The molecule has 0 aliphatic rings. The minimum absolute atomic E-state index is 0.386. The minimum Gasteiger partial charge on any atom is -0.441 e. The van der Waals surface area contributed by atoms with Crippen LogP contribution in [-0.4, -0.2) is 26.2 Å². The quantitative estimate of drug-likeness (QED) is 0.890. The molecule has 1 N–H and O–H groups in total. The molecule has 0 aliphatic carbocycles. The summed E-state index contributed by atoms with van der Waals surface area (Å²) >= 11 is 0. The second-order valence-corrected chi connectivity index (χ2v) is 5.78. The monoisotopic (exact) mass is 254 g/mol. The molecule has 0 atom stereocenters. The van der Waals surface area contributed by atoms with Gasteiger partial charge in [-0.15, -0.1) is 0 Å². The van der Waals surface area contributed by atoms with Crippen molar-refractivity contribution in [3.8, 4) is 0 Å². The van der Waals surface area contributed by atoms with Crippen LogP contribution in [0.1, 0.15) is 11.5 Å². The Morgan fingerprint density at radius 1 is 1.41 bits per heavy atom. The lowest BCUT2D eigenvalue weighted by Crippen LogP contribution is -2.24. The van der Waals surface area contributed by atoms with Crippen LogP contribution in [0.3, 0.4) is 0 Å². The number of rotatable bonds is 4. The minimum atomic E-state index is -3.12. The molecule has 0 saturated carbocycles. The molecule has 0 saturated heterocycles. The molecule has 0 radical (unpaired) electrons. The number of fused-ring (bicyclic) bond motifs is 1. The second kappa shape index (κ2) is 4.46. The molecule has 0 fully saturated rings. The lowest BCUT2D eigenvalue weighted by Gasteiger charge is -2.02. The van der Waals surface area contributed by atoms with Crippen LogP contribution >= 0.6 is 0 Å². The van der Waals surface area contributed by atoms with Crippen molar-refractivity contribution in [3.63, 3.8) is 0 Å². The number of benzene rings is 1. The van der Waals surface area contributed by atoms with Crippen molar-refractivity contribution < 1.29 is 12.8 Å². The second-order valence-electron chi connectivity index (χ2n) is 3.95. The lowest BCUT2D eigenvalue weighted by molar-refractivity contribution is 0.560. The van der Waals surface area contributed by atoms with Crippen molar-refractivity contribution in [2.45, 2.75) is 13.3 Å². The maximum Gasteiger partial charge on any atom is 0.208 e. The van der Waals surface area contributed by atoms with E-state index in [0.717, 1.165) is 22.9 Å². The number of sulfonamides is 1. The molecule has 0 amide bonds. The van der Waals surface area contributed by atoms with E-state index in [2.05, 4.69) is 9.71 Å². The molecule has 2 aromatic rings. The summed E-state index contributed by atoms with van der Waals surface area (Å²) in [4.78, 5) is 4.20. The zero-order chi connectivity index (χ0) is 12.5. The van der Waals surface area contributed by atoms with Gasteiger partial charge in [0, 0.05) is 13.5 Å². The summed E-state index contributed by atoms with van der Waals surface area (Å²) in [6, 6.07) is 5.69. The van der Waals surface area contributed by atoms with E-state index in [0.29, 0.717) is 18.9 Å². The normalized spacial score (nSPS) is 12.1. The van der Waals surface area contributed by atoms with Crippen molar-refractivity contribution in [1.29, 1.82) is 0 Å². The van der Waals surface area contributed by atoms with Crippen molar-refractivity contribution in [3.05, 3.63) is 29.7 Å². The van der Waals surface area contributed by atoms with Crippen LogP contribution in [0.5, 0.6) is 0 Å². The Balaban J connectivity index is 2.09. The third-order valence-electron chi connectivity index (χ3n) is 2.34. The largest absolute Gasteiger partial charge is 0.441 e. The first-order valence-electron chi connectivity index (χ1n) is 5.25. The molecular weight excluding hydrogens is 240 g/mol. The average Bonchev–Trinajstić information content (AvgIpc) is 2.55. The molecule has 1 aromatic heterocycles. The van der Waals surface area contributed by atoms with Gasteiger partial charge in [0.25, 0.3) is 0 Å². The number of oxazole rings is 1. The number of nitrogens with one attached hydrogen (secondary N) is 1. The van der Waals surface area contributed by atoms with Gasteiger partial charge in [0.15, 0.2) is 11.5 Å². The fourth-order valence-corrected chi connectivity index (χ4v) is 2.09. The highest BCUT2D eigenvalue weighted by Gasteiger charge is 2.04. The van der Waals surface area contributed by atoms with Gasteiger partial charge in [-0.05, 0) is 24.1 Å². The Morgan fingerprint density at radius 3 is 2.88 bits per heavy atom. The number of aromatic nitrogens is 1. The Labute approximate surface area is 99.9 Å². The molecule has 2 rings (SSSR count). The smallest absolute Gasteiger partial charge is 0.208 e. The zero-order valence-electron chi connectivity index (χ0n) is 9.73. The first-order valence-corrected chi connectivity index (χ1v) is 7.14. The van der Waals surface area contributed by atoms with Gasteiger partial charge in [-0.1, -0.05) is 6.07 Å². The molecular formula is C11H14N2O3S. The van der Waals surface area contributed by atoms with E-state index < -0.39 is 10.0 Å². The molecule has 6 heteroatoms. The molecule has 0 unspecified atom stereocenters. The van der Waals surface area contributed by atoms with E-state index in [1.165, 1.54) is 0 Å². The number of nitrogens with zero attached hydrogens (tertiary/aromatic N) is 1. The SMILES string of the molecule is Cc1nc2ccc(CCNS(C)(=O)=O)cc2o1. The van der Waals surface area contributed by atoms with E-state index in [-0.39, 0.29) is 0 Å². The molecule has 17 heavy (non-hydrogen) atoms. The van der Waals surface area contributed by atoms with Gasteiger partial charge in [-0.2, -0.15) is 0 Å². The summed E-state index contributed by atoms with van der Waals surface area (Å²) in [7, 11) is -3.12. The van der Waals surface area contributed by atoms with E-state index >= 15 is 0 Å². The van der Waals surface area contributed by atoms with Crippen LogP contribution in [-0.2, 0) is 16.4 Å². The highest BCUT2D eigenvalue weighted by molar-refractivity contribution is 7.88. The highest BCUT2D eigenvalue weighted by Crippen LogP contribution is 2.16. The van der Waals surface area contributed by atoms with Gasteiger partial charge in [0.1, 0.15) is 5.52 Å². The van der Waals surface area contributed by atoms with Gasteiger partial charge in [0.05, 0.1) is 6.26 Å². The maximum absolute atomic E-state index is 10.9. The standard InChI is InChI=1S/C11H14N2O3S/c1-8-13-10-4-3-9(7-11(10)16-8)5-6-12-17(2,14)15/h3-4,7,12H,5-6H2,1-2H3. The van der Waals surface area contributed by atoms with E-state index in [1.54, 1.807) is 6.92 Å². The van der Waals surface area contributed by atoms with Crippen LogP contribution in [0, 0.1) is 6.92 Å². The Bertz CT molecular complexity index is 631. The van der Waals surface area contributed by atoms with E-state index in [1.807, 2.05) is 18.2 Å². The summed E-state index contributed by atoms with van der Waals surface area (Å²) in [6.07, 6.45) is 1.78. The molecule has 0 spiro atoms. The maximum atomic E-state index is 10.9. The van der Waals surface area contributed by atoms with Gasteiger partial charge in [0.2, 0.25) is 10.0 Å². The Morgan fingerprint density at radius 2 is 2.18 bits per heavy atom. The van der Waals surface area contributed by atoms with Crippen LogP contribution in [0.2, 0.25) is 0 Å². The third-order valence-corrected chi connectivity index (χ3v) is 3.07. The zero-order valence-corrected chi connectivity index (χ0v) is 10.5. The van der Waals surface area contributed by atoms with Gasteiger partial charge in [-0.25, -0.2) is 18.1 Å². The summed E-state index contributed by atoms with van der Waals surface area (Å²) < 4.78 is 29.7. The molecule has 0 aliphatic heterocycles. The lowest BCUT2D eigenvalue weighted by atomic mass is 10.1. The van der Waals surface area contributed by atoms with Gasteiger partial charge in [-0.3, -0.25) is 0 Å². The molecule has 0 bridgehead atoms. The summed E-state index contributed by atoms with van der Waals surface area (Å²) in [6.45, 7) is 2.18. The summed E-state index contributed by atoms with van der Waals surface area (Å²) in [5.41, 5.74) is 2.58. The fraction of sp³-hybridized carbons (Fsp3) is 0.364. The Kier molecular flexibility index (Phi) is 3.17. The molecule has 92 valence electrons. The number of aryl methyl sites for hydroxylation is 1. The molecule has 5 nitrogen and oxygen atoms in total. The van der Waals surface area contributed by atoms with E-state index in [9.17, 15) is 8.42 Å². The van der Waals surface area contributed by atoms with Gasteiger partial charge >= 0.3 is 0 Å². The van der Waals surface area contributed by atoms with Crippen molar-refractivity contribution in [2.75, 3.05) is 12.8 Å². The van der Waals surface area contributed by atoms with Crippen molar-refractivity contribution >= 4 is 21.1 Å². The van der Waals surface area contributed by atoms with Crippen LogP contribution in [0.25, 0.3) is 11.1 Å². The summed E-state index contributed by atoms with van der Waals surface area (Å²) in [5.74, 6) is 0.631. The van der Waals surface area contributed by atoms with Crippen LogP contribution in [0.4, 0.5) is 0 Å². The first-order chi connectivity index (χ1) is 7.94. The fourth-order valence-electron chi connectivity index (χ4n) is 1.62. The van der Waals surface area contributed by atoms with Crippen molar-refractivity contribution in [2.24, 2.45) is 0 Å². The number of hydrogen-bond donors (Lipinski definition) is 1. The predicted octanol–water partition coefficient (Wildman–Crippen LogP) is 1.23. The average molecular weight is 254 g/mol. The van der Waals surface area contributed by atoms with E-state index in [4.69, 9.17) is 4.42 Å². The first kappa shape index (κ1) is 12.1. The predicted molar refractivity (Wildman–Crippen MR) is 65.3 cm³/mol. The Hall–Kier alpha value is -1.40. The van der Waals surface area contributed by atoms with Crippen LogP contribution in [0.15, 0.2) is 22.6 Å². The topological polar surface area (TPSA) is 72.2 Å². The molecule has 1 heterocycles. The molecule has 1 aromatic carbocycles. The van der Waals surface area contributed by atoms with Crippen molar-refractivity contribution in [1.82, 2.24) is 9.71 Å². The van der Waals surface area contributed by atoms with Crippen LogP contribution < -0.4 is 4.72 Å². The van der Waals surface area contributed by atoms with Gasteiger partial charge < -0.3 is 4.42 Å². The third kappa shape index (κ3) is 3.28. The number of hydrogen-bond acceptors (Lipinski definition) is 4.